The molecule has 3 aromatic rings. The molecule has 0 aromatic heterocycles. The van der Waals surface area contributed by atoms with Gasteiger partial charge in [0.2, 0.25) is 0 Å². The van der Waals surface area contributed by atoms with Crippen molar-refractivity contribution in [3.05, 3.63) is 53.6 Å². The van der Waals surface area contributed by atoms with Crippen molar-refractivity contribution in [2.75, 3.05) is 14.2 Å². The summed E-state index contributed by atoms with van der Waals surface area (Å²) < 4.78 is 10.9. The minimum absolute atomic E-state index is 0.895. The summed E-state index contributed by atoms with van der Waals surface area (Å²) in [6, 6.07) is 10.5. The van der Waals surface area contributed by atoms with Crippen LogP contribution in [0.3, 0.4) is 0 Å². The molecule has 112 valence electrons. The van der Waals surface area contributed by atoms with Crippen molar-refractivity contribution < 1.29 is 9.47 Å². The van der Waals surface area contributed by atoms with Crippen molar-refractivity contribution in [2.24, 2.45) is 0 Å². The summed E-state index contributed by atoms with van der Waals surface area (Å²) in [6.07, 6.45) is 1.92. The Bertz CT molecular complexity index is 891. The Hall–Kier alpha value is -2.48. The molecule has 22 heavy (non-hydrogen) atoms. The van der Waals surface area contributed by atoms with Crippen LogP contribution in [0.2, 0.25) is 0 Å². The number of aryl methyl sites for hydroxylation is 1. The van der Waals surface area contributed by atoms with E-state index in [-0.39, 0.29) is 0 Å². The van der Waals surface area contributed by atoms with E-state index in [9.17, 15) is 0 Å². The van der Waals surface area contributed by atoms with Crippen molar-refractivity contribution in [2.45, 2.75) is 13.8 Å². The van der Waals surface area contributed by atoms with Gasteiger partial charge in [-0.1, -0.05) is 30.9 Å². The Labute approximate surface area is 131 Å². The van der Waals surface area contributed by atoms with E-state index in [0.717, 1.165) is 33.6 Å². The Morgan fingerprint density at radius 3 is 2.18 bits per heavy atom. The summed E-state index contributed by atoms with van der Waals surface area (Å²) in [5.41, 5.74) is 3.40. The Morgan fingerprint density at radius 1 is 0.864 bits per heavy atom. The number of benzene rings is 3. The van der Waals surface area contributed by atoms with Gasteiger partial charge in [-0.3, -0.25) is 0 Å². The minimum Gasteiger partial charge on any atom is -0.496 e. The van der Waals surface area contributed by atoms with Gasteiger partial charge < -0.3 is 9.47 Å². The van der Waals surface area contributed by atoms with Crippen LogP contribution in [0, 0.1) is 13.8 Å². The lowest BCUT2D eigenvalue weighted by atomic mass is 9.92. The molecular weight excluding hydrogens is 272 g/mol. The molecule has 0 heterocycles. The van der Waals surface area contributed by atoms with E-state index in [1.54, 1.807) is 14.2 Å². The first-order valence-corrected chi connectivity index (χ1v) is 7.32. The lowest BCUT2D eigenvalue weighted by Gasteiger charge is -2.15. The van der Waals surface area contributed by atoms with E-state index in [4.69, 9.17) is 9.47 Å². The van der Waals surface area contributed by atoms with Crippen LogP contribution in [-0.4, -0.2) is 14.2 Å². The van der Waals surface area contributed by atoms with Gasteiger partial charge in [0.05, 0.1) is 14.2 Å². The Morgan fingerprint density at radius 2 is 1.55 bits per heavy atom. The van der Waals surface area contributed by atoms with E-state index in [0.29, 0.717) is 0 Å². The molecule has 3 rings (SSSR count). The molecule has 0 aliphatic heterocycles. The van der Waals surface area contributed by atoms with Crippen LogP contribution in [0.5, 0.6) is 11.5 Å². The van der Waals surface area contributed by atoms with Crippen LogP contribution < -0.4 is 9.47 Å². The quantitative estimate of drug-likeness (QED) is 0.612. The fourth-order valence-electron chi connectivity index (χ4n) is 3.23. The SMILES string of the molecule is C=Cc1c(C)c(OC)cc2ccc3c(C)c(OC)ccc3c12. The summed E-state index contributed by atoms with van der Waals surface area (Å²) in [4.78, 5) is 0. The summed E-state index contributed by atoms with van der Waals surface area (Å²) in [7, 11) is 3.41. The van der Waals surface area contributed by atoms with Gasteiger partial charge in [0, 0.05) is 0 Å². The fraction of sp³-hybridized carbons (Fsp3) is 0.200. The maximum Gasteiger partial charge on any atom is 0.123 e. The standard InChI is InChI=1S/C20H20O2/c1-6-15-12(2)19(22-5)11-14-7-8-16-13(3)18(21-4)10-9-17(16)20(14)15/h6-11H,1H2,2-5H3. The van der Waals surface area contributed by atoms with Crippen molar-refractivity contribution in [1.29, 1.82) is 0 Å². The Kier molecular flexibility index (Phi) is 3.53. The van der Waals surface area contributed by atoms with Crippen molar-refractivity contribution >= 4 is 27.6 Å². The van der Waals surface area contributed by atoms with Gasteiger partial charge in [-0.25, -0.2) is 0 Å². The third-order valence-electron chi connectivity index (χ3n) is 4.43. The summed E-state index contributed by atoms with van der Waals surface area (Å²) in [5.74, 6) is 1.81. The van der Waals surface area contributed by atoms with E-state index in [1.165, 1.54) is 16.2 Å². The summed E-state index contributed by atoms with van der Waals surface area (Å²) in [5, 5.41) is 4.81. The molecule has 0 bridgehead atoms. The minimum atomic E-state index is 0.895. The topological polar surface area (TPSA) is 18.5 Å². The molecule has 0 aliphatic carbocycles. The number of hydrogen-bond donors (Lipinski definition) is 0. The zero-order valence-electron chi connectivity index (χ0n) is 13.5. The number of methoxy groups -OCH3 is 2. The van der Waals surface area contributed by atoms with Crippen LogP contribution in [0.4, 0.5) is 0 Å². The predicted octanol–water partition coefficient (Wildman–Crippen LogP) is 5.27. The summed E-state index contributed by atoms with van der Waals surface area (Å²) in [6.45, 7) is 8.17. The maximum atomic E-state index is 5.50. The largest absolute Gasteiger partial charge is 0.496 e. The van der Waals surface area contributed by atoms with Crippen LogP contribution in [0.15, 0.2) is 36.9 Å². The number of rotatable bonds is 3. The molecule has 0 radical (unpaired) electrons. The fourth-order valence-corrected chi connectivity index (χ4v) is 3.23. The van der Waals surface area contributed by atoms with Gasteiger partial charge in [0.25, 0.3) is 0 Å². The van der Waals surface area contributed by atoms with Crippen LogP contribution in [-0.2, 0) is 0 Å². The van der Waals surface area contributed by atoms with E-state index >= 15 is 0 Å². The zero-order chi connectivity index (χ0) is 15.9. The third kappa shape index (κ3) is 1.95. The second kappa shape index (κ2) is 5.38. The van der Waals surface area contributed by atoms with Crippen LogP contribution >= 0.6 is 0 Å². The highest BCUT2D eigenvalue weighted by molar-refractivity contribution is 6.13. The first kappa shape index (κ1) is 14.5. The molecule has 0 unspecified atom stereocenters. The molecule has 0 saturated heterocycles. The first-order chi connectivity index (χ1) is 10.6. The lowest BCUT2D eigenvalue weighted by molar-refractivity contribution is 0.412. The average Bonchev–Trinajstić information content (AvgIpc) is 2.54. The molecule has 0 atom stereocenters. The van der Waals surface area contributed by atoms with E-state index < -0.39 is 0 Å². The van der Waals surface area contributed by atoms with Gasteiger partial charge in [0.1, 0.15) is 11.5 Å². The van der Waals surface area contributed by atoms with Gasteiger partial charge in [-0.15, -0.1) is 0 Å². The molecule has 0 N–H and O–H groups in total. The number of fused-ring (bicyclic) bond motifs is 3. The van der Waals surface area contributed by atoms with Crippen molar-refractivity contribution in [1.82, 2.24) is 0 Å². The van der Waals surface area contributed by atoms with E-state index in [1.807, 2.05) is 12.1 Å². The molecule has 0 fully saturated rings. The molecule has 2 nitrogen and oxygen atoms in total. The highest BCUT2D eigenvalue weighted by Crippen LogP contribution is 2.38. The monoisotopic (exact) mass is 292 g/mol. The van der Waals surface area contributed by atoms with Gasteiger partial charge in [-0.05, 0) is 64.2 Å². The normalized spacial score (nSPS) is 10.9. The van der Waals surface area contributed by atoms with Crippen molar-refractivity contribution in [3.63, 3.8) is 0 Å². The molecule has 2 heteroatoms. The smallest absolute Gasteiger partial charge is 0.123 e. The van der Waals surface area contributed by atoms with Gasteiger partial charge >= 0.3 is 0 Å². The van der Waals surface area contributed by atoms with Crippen LogP contribution in [0.1, 0.15) is 16.7 Å². The molecule has 0 aliphatic rings. The maximum absolute atomic E-state index is 5.50. The Balaban J connectivity index is 2.53. The van der Waals surface area contributed by atoms with E-state index in [2.05, 4.69) is 44.7 Å². The second-order valence-electron chi connectivity index (χ2n) is 5.47. The highest BCUT2D eigenvalue weighted by atomic mass is 16.5. The van der Waals surface area contributed by atoms with Gasteiger partial charge in [-0.2, -0.15) is 0 Å². The predicted molar refractivity (Wildman–Crippen MR) is 94.1 cm³/mol. The molecule has 0 saturated carbocycles. The molecule has 0 spiro atoms. The first-order valence-electron chi connectivity index (χ1n) is 7.32. The van der Waals surface area contributed by atoms with Gasteiger partial charge in [0.15, 0.2) is 0 Å². The van der Waals surface area contributed by atoms with Crippen molar-refractivity contribution in [3.8, 4) is 11.5 Å². The number of hydrogen-bond acceptors (Lipinski definition) is 2. The average molecular weight is 292 g/mol. The molecule has 3 aromatic carbocycles. The lowest BCUT2D eigenvalue weighted by Crippen LogP contribution is -1.94. The molecular formula is C20H20O2. The number of ether oxygens (including phenoxy) is 2. The molecule has 0 amide bonds. The summed E-state index contributed by atoms with van der Waals surface area (Å²) >= 11 is 0. The highest BCUT2D eigenvalue weighted by Gasteiger charge is 2.13. The third-order valence-corrected chi connectivity index (χ3v) is 4.43. The zero-order valence-corrected chi connectivity index (χ0v) is 13.5. The second-order valence-corrected chi connectivity index (χ2v) is 5.47. The van der Waals surface area contributed by atoms with Crippen LogP contribution in [0.25, 0.3) is 27.6 Å².